The van der Waals surface area contributed by atoms with E-state index in [9.17, 15) is 4.79 Å². The lowest BCUT2D eigenvalue weighted by atomic mass is 9.95. The lowest BCUT2D eigenvalue weighted by molar-refractivity contribution is -0.117. The number of halogens is 1. The summed E-state index contributed by atoms with van der Waals surface area (Å²) in [4.78, 5) is 12.4. The second-order valence-corrected chi connectivity index (χ2v) is 5.01. The lowest BCUT2D eigenvalue weighted by Gasteiger charge is -2.16. The van der Waals surface area contributed by atoms with Crippen molar-refractivity contribution in [1.82, 2.24) is 0 Å². The molecule has 20 heavy (non-hydrogen) atoms. The lowest BCUT2D eigenvalue weighted by Crippen LogP contribution is -2.20. The van der Waals surface area contributed by atoms with Gasteiger partial charge in [0.25, 0.3) is 0 Å². The van der Waals surface area contributed by atoms with Crippen molar-refractivity contribution in [2.75, 3.05) is 11.1 Å². The van der Waals surface area contributed by atoms with Crippen LogP contribution >= 0.6 is 11.6 Å². The van der Waals surface area contributed by atoms with E-state index in [0.717, 1.165) is 12.0 Å². The van der Waals surface area contributed by atoms with Crippen molar-refractivity contribution in [1.29, 1.82) is 0 Å². The Kier molecular flexibility index (Phi) is 4.64. The molecule has 0 aliphatic carbocycles. The molecule has 0 aromatic heterocycles. The molecule has 104 valence electrons. The van der Waals surface area contributed by atoms with Gasteiger partial charge in [-0.2, -0.15) is 0 Å². The topological polar surface area (TPSA) is 55.1 Å². The van der Waals surface area contributed by atoms with E-state index >= 15 is 0 Å². The Labute approximate surface area is 123 Å². The first-order chi connectivity index (χ1) is 9.61. The zero-order chi connectivity index (χ0) is 14.5. The van der Waals surface area contributed by atoms with Crippen LogP contribution in [0, 0.1) is 0 Å². The highest BCUT2D eigenvalue weighted by molar-refractivity contribution is 6.33. The summed E-state index contributed by atoms with van der Waals surface area (Å²) in [6.45, 7) is 1.98. The first-order valence-corrected chi connectivity index (χ1v) is 6.90. The molecule has 1 atom stereocenters. The maximum Gasteiger partial charge on any atom is 0.231 e. The third-order valence-electron chi connectivity index (χ3n) is 3.17. The van der Waals surface area contributed by atoms with Gasteiger partial charge in [0.2, 0.25) is 5.91 Å². The van der Waals surface area contributed by atoms with Crippen LogP contribution in [0.5, 0.6) is 0 Å². The second-order valence-electron chi connectivity index (χ2n) is 4.60. The van der Waals surface area contributed by atoms with Gasteiger partial charge < -0.3 is 11.1 Å². The zero-order valence-corrected chi connectivity index (χ0v) is 12.0. The van der Waals surface area contributed by atoms with Crippen LogP contribution in [-0.4, -0.2) is 5.91 Å². The minimum atomic E-state index is -0.200. The minimum absolute atomic E-state index is 0.0776. The Morgan fingerprint density at radius 3 is 2.60 bits per heavy atom. The van der Waals surface area contributed by atoms with Crippen LogP contribution in [0.3, 0.4) is 0 Å². The molecule has 2 aromatic carbocycles. The smallest absolute Gasteiger partial charge is 0.231 e. The van der Waals surface area contributed by atoms with E-state index in [1.165, 1.54) is 0 Å². The van der Waals surface area contributed by atoms with Gasteiger partial charge in [0.05, 0.1) is 16.6 Å². The highest BCUT2D eigenvalue weighted by Gasteiger charge is 2.19. The first-order valence-electron chi connectivity index (χ1n) is 6.52. The van der Waals surface area contributed by atoms with Gasteiger partial charge in [0, 0.05) is 5.69 Å². The molecule has 0 heterocycles. The van der Waals surface area contributed by atoms with Crippen LogP contribution in [0.1, 0.15) is 24.8 Å². The van der Waals surface area contributed by atoms with Crippen molar-refractivity contribution >= 4 is 28.9 Å². The van der Waals surface area contributed by atoms with Crippen LogP contribution in [0.25, 0.3) is 0 Å². The average Bonchev–Trinajstić information content (AvgIpc) is 2.45. The maximum absolute atomic E-state index is 12.4. The highest BCUT2D eigenvalue weighted by atomic mass is 35.5. The van der Waals surface area contributed by atoms with Crippen LogP contribution in [0.4, 0.5) is 11.4 Å². The third kappa shape index (κ3) is 3.31. The fourth-order valence-electron chi connectivity index (χ4n) is 2.12. The Hall–Kier alpha value is -2.00. The Morgan fingerprint density at radius 1 is 1.25 bits per heavy atom. The molecule has 0 fully saturated rings. The number of nitrogens with one attached hydrogen (secondary N) is 1. The second kappa shape index (κ2) is 6.44. The Balaban J connectivity index is 2.20. The predicted molar refractivity (Wildman–Crippen MR) is 84.0 cm³/mol. The van der Waals surface area contributed by atoms with Crippen LogP contribution in [0.15, 0.2) is 48.5 Å². The normalized spacial score (nSPS) is 11.9. The molecule has 3 N–H and O–H groups in total. The number of nitrogens with two attached hydrogens (primary N) is 1. The van der Waals surface area contributed by atoms with Gasteiger partial charge >= 0.3 is 0 Å². The molecule has 1 unspecified atom stereocenters. The van der Waals surface area contributed by atoms with Crippen molar-refractivity contribution < 1.29 is 4.79 Å². The van der Waals surface area contributed by atoms with Gasteiger partial charge in [-0.3, -0.25) is 4.79 Å². The zero-order valence-electron chi connectivity index (χ0n) is 11.3. The van der Waals surface area contributed by atoms with Gasteiger partial charge in [0.1, 0.15) is 0 Å². The number of carbonyl (C=O) groups excluding carboxylic acids is 1. The summed E-state index contributed by atoms with van der Waals surface area (Å²) in [5, 5.41) is 3.33. The monoisotopic (exact) mass is 288 g/mol. The molecule has 0 radical (unpaired) electrons. The maximum atomic E-state index is 12.4. The molecule has 0 spiro atoms. The average molecular weight is 289 g/mol. The van der Waals surface area contributed by atoms with E-state index in [4.69, 9.17) is 17.3 Å². The summed E-state index contributed by atoms with van der Waals surface area (Å²) < 4.78 is 0. The van der Waals surface area contributed by atoms with Gasteiger partial charge in [-0.25, -0.2) is 0 Å². The molecule has 0 bridgehead atoms. The van der Waals surface area contributed by atoms with E-state index in [1.807, 2.05) is 37.3 Å². The minimum Gasteiger partial charge on any atom is -0.399 e. The van der Waals surface area contributed by atoms with Crippen molar-refractivity contribution in [2.24, 2.45) is 0 Å². The van der Waals surface area contributed by atoms with Gasteiger partial charge in [-0.15, -0.1) is 0 Å². The molecule has 3 nitrogen and oxygen atoms in total. The fourth-order valence-corrected chi connectivity index (χ4v) is 2.28. The molecule has 2 aromatic rings. The van der Waals surface area contributed by atoms with Crippen molar-refractivity contribution in [3.8, 4) is 0 Å². The Morgan fingerprint density at radius 2 is 1.95 bits per heavy atom. The van der Waals surface area contributed by atoms with Gasteiger partial charge in [-0.1, -0.05) is 48.9 Å². The first kappa shape index (κ1) is 14.4. The summed E-state index contributed by atoms with van der Waals surface area (Å²) in [5.74, 6) is -0.278. The van der Waals surface area contributed by atoms with Crippen LogP contribution < -0.4 is 11.1 Å². The van der Waals surface area contributed by atoms with Crippen LogP contribution in [-0.2, 0) is 4.79 Å². The van der Waals surface area contributed by atoms with E-state index in [1.54, 1.807) is 18.2 Å². The van der Waals surface area contributed by atoms with Crippen molar-refractivity contribution in [2.45, 2.75) is 19.3 Å². The van der Waals surface area contributed by atoms with Gasteiger partial charge in [0.15, 0.2) is 0 Å². The van der Waals surface area contributed by atoms with E-state index in [-0.39, 0.29) is 11.8 Å². The molecule has 0 saturated carbocycles. The van der Waals surface area contributed by atoms with Crippen molar-refractivity contribution in [3.63, 3.8) is 0 Å². The number of rotatable bonds is 4. The number of benzene rings is 2. The molecule has 0 saturated heterocycles. The van der Waals surface area contributed by atoms with E-state index in [2.05, 4.69) is 5.32 Å². The summed E-state index contributed by atoms with van der Waals surface area (Å²) in [6.07, 6.45) is 0.718. The van der Waals surface area contributed by atoms with E-state index in [0.29, 0.717) is 16.4 Å². The highest BCUT2D eigenvalue weighted by Crippen LogP contribution is 2.27. The predicted octanol–water partition coefficient (Wildman–Crippen LogP) is 4.05. The van der Waals surface area contributed by atoms with E-state index < -0.39 is 0 Å². The molecule has 0 aliphatic heterocycles. The largest absolute Gasteiger partial charge is 0.399 e. The third-order valence-corrected chi connectivity index (χ3v) is 3.50. The molecule has 4 heteroatoms. The van der Waals surface area contributed by atoms with Crippen molar-refractivity contribution in [3.05, 3.63) is 59.1 Å². The van der Waals surface area contributed by atoms with Crippen LogP contribution in [0.2, 0.25) is 5.02 Å². The summed E-state index contributed by atoms with van der Waals surface area (Å²) >= 11 is 6.06. The molecule has 1 amide bonds. The molecule has 2 rings (SSSR count). The standard InChI is InChI=1S/C16H17ClN2O/c1-2-13(11-6-4-3-5-7-11)16(20)19-15-10-12(18)8-9-14(15)17/h3-10,13H,2,18H2,1H3,(H,19,20). The molecule has 0 aliphatic rings. The summed E-state index contributed by atoms with van der Waals surface area (Å²) in [7, 11) is 0. The number of hydrogen-bond acceptors (Lipinski definition) is 2. The number of nitrogen functional groups attached to an aromatic ring is 1. The number of hydrogen-bond donors (Lipinski definition) is 2. The fraction of sp³-hybridized carbons (Fsp3) is 0.188. The SMILES string of the molecule is CCC(C(=O)Nc1cc(N)ccc1Cl)c1ccccc1. The van der Waals surface area contributed by atoms with Gasteiger partial charge in [-0.05, 0) is 30.2 Å². The number of carbonyl (C=O) groups is 1. The molecular weight excluding hydrogens is 272 g/mol. The summed E-state index contributed by atoms with van der Waals surface area (Å²) in [6, 6.07) is 14.7. The number of anilines is 2. The summed E-state index contributed by atoms with van der Waals surface area (Å²) in [5.41, 5.74) is 7.82. The Bertz CT molecular complexity index is 599. The molecular formula is C16H17ClN2O. The quantitative estimate of drug-likeness (QED) is 0.834. The number of amides is 1.